The quantitative estimate of drug-likeness (QED) is 0.775. The third-order valence-corrected chi connectivity index (χ3v) is 2.07. The number of hydrogen-bond acceptors (Lipinski definition) is 4. The zero-order valence-electron chi connectivity index (χ0n) is 9.12. The van der Waals surface area contributed by atoms with Crippen LogP contribution in [-0.4, -0.2) is 29.6 Å². The smallest absolute Gasteiger partial charge is 0.149 e. The fourth-order valence-electron chi connectivity index (χ4n) is 1.32. The largest absolute Gasteiger partial charge is 0.369 e. The van der Waals surface area contributed by atoms with Crippen molar-refractivity contribution >= 4 is 11.6 Å². The first kappa shape index (κ1) is 10.8. The molecule has 0 saturated heterocycles. The summed E-state index contributed by atoms with van der Waals surface area (Å²) in [5.41, 5.74) is 0. The Morgan fingerprint density at radius 3 is 2.50 bits per heavy atom. The maximum Gasteiger partial charge on any atom is 0.149 e. The highest BCUT2D eigenvalue weighted by Crippen LogP contribution is 2.11. The summed E-state index contributed by atoms with van der Waals surface area (Å²) in [7, 11) is 0. The van der Waals surface area contributed by atoms with Crippen molar-refractivity contribution in [2.45, 2.75) is 20.8 Å². The Labute approximate surface area is 85.4 Å². The molecule has 0 aromatic carbocycles. The number of anilines is 2. The lowest BCUT2D eigenvalue weighted by atomic mass is 10.5. The molecule has 0 aliphatic heterocycles. The Morgan fingerprint density at radius 1 is 1.21 bits per heavy atom. The Balaban J connectivity index is 2.81. The van der Waals surface area contributed by atoms with E-state index in [-0.39, 0.29) is 0 Å². The average Bonchev–Trinajstić information content (AvgIpc) is 2.21. The first-order chi connectivity index (χ1) is 6.81. The molecule has 1 heterocycles. The Morgan fingerprint density at radius 2 is 1.93 bits per heavy atom. The highest BCUT2D eigenvalue weighted by atomic mass is 15.2. The van der Waals surface area contributed by atoms with Crippen LogP contribution in [0.1, 0.15) is 20.8 Å². The van der Waals surface area contributed by atoms with Crippen LogP contribution in [0.5, 0.6) is 0 Å². The summed E-state index contributed by atoms with van der Waals surface area (Å²) in [6.07, 6.45) is 3.55. The van der Waals surface area contributed by atoms with Crippen LogP contribution in [0, 0.1) is 0 Å². The molecular formula is C10H18N4. The molecule has 0 amide bonds. The molecule has 4 heteroatoms. The van der Waals surface area contributed by atoms with Gasteiger partial charge in [-0.3, -0.25) is 4.98 Å². The monoisotopic (exact) mass is 194 g/mol. The summed E-state index contributed by atoms with van der Waals surface area (Å²) >= 11 is 0. The minimum absolute atomic E-state index is 0.844. The van der Waals surface area contributed by atoms with Gasteiger partial charge in [-0.1, -0.05) is 0 Å². The van der Waals surface area contributed by atoms with Crippen LogP contribution < -0.4 is 10.2 Å². The van der Waals surface area contributed by atoms with E-state index in [2.05, 4.69) is 34.0 Å². The van der Waals surface area contributed by atoms with E-state index < -0.39 is 0 Å². The maximum atomic E-state index is 4.46. The predicted octanol–water partition coefficient (Wildman–Crippen LogP) is 1.75. The van der Waals surface area contributed by atoms with Gasteiger partial charge < -0.3 is 10.2 Å². The highest BCUT2D eigenvalue weighted by Gasteiger charge is 2.03. The second-order valence-corrected chi connectivity index (χ2v) is 2.97. The molecule has 0 fully saturated rings. The first-order valence-electron chi connectivity index (χ1n) is 5.12. The molecule has 0 aliphatic carbocycles. The Kier molecular flexibility index (Phi) is 4.16. The summed E-state index contributed by atoms with van der Waals surface area (Å²) in [5.74, 6) is 1.78. The van der Waals surface area contributed by atoms with Crippen LogP contribution in [0.4, 0.5) is 11.6 Å². The van der Waals surface area contributed by atoms with Gasteiger partial charge in [0.1, 0.15) is 11.6 Å². The van der Waals surface area contributed by atoms with Gasteiger partial charge >= 0.3 is 0 Å². The molecule has 78 valence electrons. The van der Waals surface area contributed by atoms with Gasteiger partial charge in [-0.2, -0.15) is 0 Å². The summed E-state index contributed by atoms with van der Waals surface area (Å²) in [6, 6.07) is 0. The van der Waals surface area contributed by atoms with Gasteiger partial charge in [0.05, 0.1) is 12.4 Å². The molecule has 14 heavy (non-hydrogen) atoms. The lowest BCUT2D eigenvalue weighted by Crippen LogP contribution is -2.23. The molecule has 1 N–H and O–H groups in total. The van der Waals surface area contributed by atoms with E-state index in [1.807, 2.05) is 6.92 Å². The zero-order chi connectivity index (χ0) is 10.4. The number of rotatable bonds is 5. The standard InChI is InChI=1S/C10H18N4/c1-4-12-9-7-11-8-10(13-9)14(5-2)6-3/h7-8H,4-6H2,1-3H3,(H,12,13). The summed E-state index contributed by atoms with van der Waals surface area (Å²) < 4.78 is 0. The van der Waals surface area contributed by atoms with Crippen molar-refractivity contribution in [3.05, 3.63) is 12.4 Å². The number of hydrogen-bond donors (Lipinski definition) is 1. The summed E-state index contributed by atoms with van der Waals surface area (Å²) in [5, 5.41) is 3.15. The van der Waals surface area contributed by atoms with Crippen molar-refractivity contribution in [1.82, 2.24) is 9.97 Å². The van der Waals surface area contributed by atoms with Gasteiger partial charge in [0.2, 0.25) is 0 Å². The molecule has 1 aromatic heterocycles. The Bertz CT molecular complexity index is 271. The van der Waals surface area contributed by atoms with Crippen LogP contribution in [0.2, 0.25) is 0 Å². The molecule has 0 unspecified atom stereocenters. The van der Waals surface area contributed by atoms with E-state index in [4.69, 9.17) is 0 Å². The molecule has 0 radical (unpaired) electrons. The third-order valence-electron chi connectivity index (χ3n) is 2.07. The maximum absolute atomic E-state index is 4.46. The van der Waals surface area contributed by atoms with Crippen molar-refractivity contribution in [2.75, 3.05) is 29.9 Å². The summed E-state index contributed by atoms with van der Waals surface area (Å²) in [6.45, 7) is 9.07. The molecule has 1 rings (SSSR count). The van der Waals surface area contributed by atoms with Gasteiger partial charge in [0, 0.05) is 19.6 Å². The lowest BCUT2D eigenvalue weighted by Gasteiger charge is -2.19. The van der Waals surface area contributed by atoms with E-state index in [9.17, 15) is 0 Å². The SMILES string of the molecule is CCNc1cncc(N(CC)CC)n1. The van der Waals surface area contributed by atoms with E-state index in [1.54, 1.807) is 12.4 Å². The van der Waals surface area contributed by atoms with Crippen LogP contribution in [-0.2, 0) is 0 Å². The van der Waals surface area contributed by atoms with Gasteiger partial charge in [-0.15, -0.1) is 0 Å². The molecule has 0 atom stereocenters. The molecule has 0 aliphatic rings. The first-order valence-corrected chi connectivity index (χ1v) is 5.12. The van der Waals surface area contributed by atoms with Crippen molar-refractivity contribution in [3.8, 4) is 0 Å². The van der Waals surface area contributed by atoms with E-state index in [0.29, 0.717) is 0 Å². The minimum atomic E-state index is 0.844. The Hall–Kier alpha value is -1.32. The number of nitrogens with zero attached hydrogens (tertiary/aromatic N) is 3. The minimum Gasteiger partial charge on any atom is -0.369 e. The van der Waals surface area contributed by atoms with Crippen LogP contribution in [0.3, 0.4) is 0 Å². The van der Waals surface area contributed by atoms with Gasteiger partial charge in [0.25, 0.3) is 0 Å². The zero-order valence-corrected chi connectivity index (χ0v) is 9.12. The predicted molar refractivity (Wildman–Crippen MR) is 59.8 cm³/mol. The van der Waals surface area contributed by atoms with Crippen LogP contribution in [0.15, 0.2) is 12.4 Å². The summed E-state index contributed by atoms with van der Waals surface area (Å²) in [4.78, 5) is 10.8. The highest BCUT2D eigenvalue weighted by molar-refractivity contribution is 5.43. The third kappa shape index (κ3) is 2.58. The number of nitrogens with one attached hydrogen (secondary N) is 1. The average molecular weight is 194 g/mol. The topological polar surface area (TPSA) is 41.1 Å². The molecule has 0 bridgehead atoms. The van der Waals surface area contributed by atoms with E-state index in [1.165, 1.54) is 0 Å². The van der Waals surface area contributed by atoms with E-state index >= 15 is 0 Å². The second-order valence-electron chi connectivity index (χ2n) is 2.97. The van der Waals surface area contributed by atoms with Crippen LogP contribution >= 0.6 is 0 Å². The fourth-order valence-corrected chi connectivity index (χ4v) is 1.32. The molecule has 0 spiro atoms. The molecular weight excluding hydrogens is 176 g/mol. The van der Waals surface area contributed by atoms with Crippen molar-refractivity contribution < 1.29 is 0 Å². The van der Waals surface area contributed by atoms with Crippen molar-refractivity contribution in [2.24, 2.45) is 0 Å². The molecule has 4 nitrogen and oxygen atoms in total. The number of aromatic nitrogens is 2. The normalized spacial score (nSPS) is 9.93. The van der Waals surface area contributed by atoms with Crippen molar-refractivity contribution in [1.29, 1.82) is 0 Å². The molecule has 1 aromatic rings. The molecule has 0 saturated carbocycles. The lowest BCUT2D eigenvalue weighted by molar-refractivity contribution is 0.840. The van der Waals surface area contributed by atoms with E-state index in [0.717, 1.165) is 31.3 Å². The van der Waals surface area contributed by atoms with Gasteiger partial charge in [0.15, 0.2) is 0 Å². The fraction of sp³-hybridized carbons (Fsp3) is 0.600. The van der Waals surface area contributed by atoms with Crippen molar-refractivity contribution in [3.63, 3.8) is 0 Å². The second kappa shape index (κ2) is 5.42. The van der Waals surface area contributed by atoms with Gasteiger partial charge in [-0.25, -0.2) is 4.98 Å². The van der Waals surface area contributed by atoms with Crippen LogP contribution in [0.25, 0.3) is 0 Å². The van der Waals surface area contributed by atoms with Gasteiger partial charge in [-0.05, 0) is 20.8 Å².